The topological polar surface area (TPSA) is 64.8 Å². The van der Waals surface area contributed by atoms with E-state index in [0.29, 0.717) is 38.3 Å². The molecule has 2 aromatic rings. The predicted octanol–water partition coefficient (Wildman–Crippen LogP) is 3.91. The summed E-state index contributed by atoms with van der Waals surface area (Å²) in [5.41, 5.74) is 6.65. The molecule has 0 spiro atoms. The number of ether oxygens (including phenoxy) is 2. The van der Waals surface area contributed by atoms with Crippen LogP contribution >= 0.6 is 23.7 Å². The second-order valence-corrected chi connectivity index (χ2v) is 7.71. The van der Waals surface area contributed by atoms with Crippen molar-refractivity contribution in [2.45, 2.75) is 39.3 Å². The van der Waals surface area contributed by atoms with Crippen LogP contribution in [-0.2, 0) is 11.3 Å². The van der Waals surface area contributed by atoms with Crippen molar-refractivity contribution < 1.29 is 14.3 Å². The number of benzene rings is 1. The Bertz CT molecular complexity index is 748. The summed E-state index contributed by atoms with van der Waals surface area (Å²) in [6.45, 7) is 5.62. The Balaban J connectivity index is 0.00000243. The molecule has 142 valence electrons. The van der Waals surface area contributed by atoms with E-state index >= 15 is 0 Å². The van der Waals surface area contributed by atoms with E-state index in [2.05, 4.69) is 19.1 Å². The third-order valence-electron chi connectivity index (χ3n) is 4.06. The Hall–Kier alpha value is -1.76. The molecule has 0 saturated carbocycles. The minimum absolute atomic E-state index is 0. The van der Waals surface area contributed by atoms with E-state index in [0.717, 1.165) is 16.3 Å². The minimum Gasteiger partial charge on any atom is -0.486 e. The van der Waals surface area contributed by atoms with E-state index in [9.17, 15) is 4.79 Å². The number of amides is 1. The van der Waals surface area contributed by atoms with E-state index < -0.39 is 0 Å². The first kappa shape index (κ1) is 20.6. The molecule has 0 saturated heterocycles. The largest absolute Gasteiger partial charge is 0.486 e. The fourth-order valence-electron chi connectivity index (χ4n) is 2.74. The molecule has 1 aliphatic heterocycles. The van der Waals surface area contributed by atoms with Gasteiger partial charge < -0.3 is 20.1 Å². The van der Waals surface area contributed by atoms with E-state index in [1.54, 1.807) is 11.3 Å². The smallest absolute Gasteiger partial charge is 0.227 e. The number of rotatable bonds is 6. The number of hydrogen-bond donors (Lipinski definition) is 1. The van der Waals surface area contributed by atoms with Crippen LogP contribution < -0.4 is 20.1 Å². The number of carbonyl (C=O) groups excluding carboxylic acids is 1. The third kappa shape index (κ3) is 5.13. The lowest BCUT2D eigenvalue weighted by Gasteiger charge is -2.25. The molecule has 7 heteroatoms. The van der Waals surface area contributed by atoms with E-state index in [1.807, 2.05) is 30.0 Å². The summed E-state index contributed by atoms with van der Waals surface area (Å²) in [7, 11) is 0. The van der Waals surface area contributed by atoms with Crippen LogP contribution in [0.3, 0.4) is 0 Å². The Labute approximate surface area is 164 Å². The molecule has 0 aliphatic carbocycles. The molecule has 1 amide bonds. The lowest BCUT2D eigenvalue weighted by Crippen LogP contribution is -2.31. The van der Waals surface area contributed by atoms with Gasteiger partial charge in [0.05, 0.1) is 6.54 Å². The van der Waals surface area contributed by atoms with E-state index in [1.165, 1.54) is 4.88 Å². The quantitative estimate of drug-likeness (QED) is 0.803. The molecule has 2 N–H and O–H groups in total. The molecule has 1 unspecified atom stereocenters. The van der Waals surface area contributed by atoms with Crippen LogP contribution in [0.5, 0.6) is 11.5 Å². The molecule has 1 aliphatic rings. The third-order valence-corrected chi connectivity index (χ3v) is 5.05. The van der Waals surface area contributed by atoms with Gasteiger partial charge in [-0.2, -0.15) is 0 Å². The van der Waals surface area contributed by atoms with Gasteiger partial charge in [-0.1, -0.05) is 0 Å². The van der Waals surface area contributed by atoms with Crippen molar-refractivity contribution in [3.63, 3.8) is 0 Å². The van der Waals surface area contributed by atoms with Crippen LogP contribution in [0.4, 0.5) is 5.69 Å². The van der Waals surface area contributed by atoms with Gasteiger partial charge in [-0.15, -0.1) is 23.7 Å². The molecule has 1 atom stereocenters. The molecule has 3 rings (SSSR count). The first-order chi connectivity index (χ1) is 12.0. The van der Waals surface area contributed by atoms with Crippen LogP contribution in [0.15, 0.2) is 30.3 Å². The number of thiophene rings is 1. The Morgan fingerprint density at radius 1 is 1.23 bits per heavy atom. The van der Waals surface area contributed by atoms with Crippen molar-refractivity contribution >= 4 is 35.3 Å². The minimum atomic E-state index is 0. The van der Waals surface area contributed by atoms with Gasteiger partial charge in [-0.3, -0.25) is 4.79 Å². The lowest BCUT2D eigenvalue weighted by atomic mass is 10.1. The highest BCUT2D eigenvalue weighted by molar-refractivity contribution is 7.11. The van der Waals surface area contributed by atoms with Crippen LogP contribution in [0, 0.1) is 6.92 Å². The van der Waals surface area contributed by atoms with Crippen LogP contribution in [0.25, 0.3) is 0 Å². The summed E-state index contributed by atoms with van der Waals surface area (Å²) in [5, 5.41) is 0. The number of anilines is 1. The Morgan fingerprint density at radius 3 is 2.62 bits per heavy atom. The molecule has 0 bridgehead atoms. The lowest BCUT2D eigenvalue weighted by molar-refractivity contribution is -0.118. The number of aryl methyl sites for hydroxylation is 1. The summed E-state index contributed by atoms with van der Waals surface area (Å²) in [4.78, 5) is 17.0. The standard InChI is InChI=1S/C19H24N2O3S.ClH/c1-13(20)3-8-19(22)21(12-16-6-4-14(2)25-16)15-5-7-17-18(11-15)24-10-9-23-17;/h4-7,11,13H,3,8-10,12,20H2,1-2H3;1H. The van der Waals surface area contributed by atoms with Gasteiger partial charge in [-0.05, 0) is 44.5 Å². The highest BCUT2D eigenvalue weighted by atomic mass is 35.5. The second kappa shape index (κ2) is 9.26. The highest BCUT2D eigenvalue weighted by Gasteiger charge is 2.20. The second-order valence-electron chi connectivity index (χ2n) is 6.34. The molecular formula is C19H25ClN2O3S. The molecule has 0 radical (unpaired) electrons. The zero-order valence-corrected chi connectivity index (χ0v) is 16.7. The van der Waals surface area contributed by atoms with Gasteiger partial charge in [0, 0.05) is 34.0 Å². The summed E-state index contributed by atoms with van der Waals surface area (Å²) in [6.07, 6.45) is 1.10. The summed E-state index contributed by atoms with van der Waals surface area (Å²) < 4.78 is 11.2. The number of fused-ring (bicyclic) bond motifs is 1. The molecule has 2 heterocycles. The monoisotopic (exact) mass is 396 g/mol. The van der Waals surface area contributed by atoms with Gasteiger partial charge in [0.25, 0.3) is 0 Å². The molecule has 0 fully saturated rings. The van der Waals surface area contributed by atoms with Crippen molar-refractivity contribution in [3.05, 3.63) is 40.1 Å². The normalized spacial score (nSPS) is 13.7. The van der Waals surface area contributed by atoms with Crippen LogP contribution in [0.2, 0.25) is 0 Å². The number of halogens is 1. The van der Waals surface area contributed by atoms with E-state index in [-0.39, 0.29) is 24.4 Å². The van der Waals surface area contributed by atoms with Crippen LogP contribution in [-0.4, -0.2) is 25.2 Å². The zero-order chi connectivity index (χ0) is 17.8. The maximum atomic E-state index is 12.8. The summed E-state index contributed by atoms with van der Waals surface area (Å²) in [6, 6.07) is 9.83. The summed E-state index contributed by atoms with van der Waals surface area (Å²) >= 11 is 1.71. The number of carbonyl (C=O) groups is 1. The van der Waals surface area contributed by atoms with Crippen molar-refractivity contribution in [2.75, 3.05) is 18.1 Å². The maximum Gasteiger partial charge on any atom is 0.227 e. The van der Waals surface area contributed by atoms with Crippen molar-refractivity contribution in [2.24, 2.45) is 5.73 Å². The molecule has 1 aromatic carbocycles. The maximum absolute atomic E-state index is 12.8. The summed E-state index contributed by atoms with van der Waals surface area (Å²) in [5.74, 6) is 1.49. The van der Waals surface area contributed by atoms with E-state index in [4.69, 9.17) is 15.2 Å². The number of nitrogens with two attached hydrogens (primary N) is 1. The van der Waals surface area contributed by atoms with Gasteiger partial charge in [0.2, 0.25) is 5.91 Å². The van der Waals surface area contributed by atoms with Gasteiger partial charge in [0.15, 0.2) is 11.5 Å². The highest BCUT2D eigenvalue weighted by Crippen LogP contribution is 2.35. The SMILES string of the molecule is Cc1ccc(CN(C(=O)CCC(C)N)c2ccc3c(c2)OCCO3)s1.Cl. The van der Waals surface area contributed by atoms with Gasteiger partial charge >= 0.3 is 0 Å². The first-order valence-electron chi connectivity index (χ1n) is 8.54. The molecule has 1 aromatic heterocycles. The molecule has 26 heavy (non-hydrogen) atoms. The average molecular weight is 397 g/mol. The van der Waals surface area contributed by atoms with Gasteiger partial charge in [-0.25, -0.2) is 0 Å². The fourth-order valence-corrected chi connectivity index (χ4v) is 3.61. The van der Waals surface area contributed by atoms with Crippen molar-refractivity contribution in [3.8, 4) is 11.5 Å². The fraction of sp³-hybridized carbons (Fsp3) is 0.421. The Kier molecular flexibility index (Phi) is 7.32. The number of hydrogen-bond acceptors (Lipinski definition) is 5. The number of nitrogens with zero attached hydrogens (tertiary/aromatic N) is 1. The average Bonchev–Trinajstić information content (AvgIpc) is 3.02. The molecular weight excluding hydrogens is 372 g/mol. The first-order valence-corrected chi connectivity index (χ1v) is 9.35. The van der Waals surface area contributed by atoms with Gasteiger partial charge in [0.1, 0.15) is 13.2 Å². The molecule has 5 nitrogen and oxygen atoms in total. The predicted molar refractivity (Wildman–Crippen MR) is 108 cm³/mol. The zero-order valence-electron chi connectivity index (χ0n) is 15.1. The van der Waals surface area contributed by atoms with Crippen molar-refractivity contribution in [1.82, 2.24) is 0 Å². The Morgan fingerprint density at radius 2 is 1.96 bits per heavy atom. The van der Waals surface area contributed by atoms with Crippen molar-refractivity contribution in [1.29, 1.82) is 0 Å². The van der Waals surface area contributed by atoms with Crippen LogP contribution in [0.1, 0.15) is 29.5 Å².